The predicted octanol–water partition coefficient (Wildman–Crippen LogP) is 3.65. The van der Waals surface area contributed by atoms with E-state index in [9.17, 15) is 9.36 Å². The van der Waals surface area contributed by atoms with Crippen LogP contribution in [0, 0.1) is 0 Å². The fourth-order valence-electron chi connectivity index (χ4n) is 1.36. The summed E-state index contributed by atoms with van der Waals surface area (Å²) in [5.74, 6) is 0. The molecule has 18 heavy (non-hydrogen) atoms. The summed E-state index contributed by atoms with van der Waals surface area (Å²) < 4.78 is 17.8. The number of benzene rings is 1. The minimum Gasteiger partial charge on any atom is -0.447 e. The van der Waals surface area contributed by atoms with Crippen LogP contribution in [0.5, 0.6) is 0 Å². The maximum atomic E-state index is 12.1. The second kappa shape index (κ2) is 5.89. The van der Waals surface area contributed by atoms with Crippen LogP contribution in [0.1, 0.15) is 13.8 Å². The normalized spacial score (nSPS) is 11.4. The predicted molar refractivity (Wildman–Crippen MR) is 78.5 cm³/mol. The molecule has 4 nitrogen and oxygen atoms in total. The number of rotatable bonds is 3. The van der Waals surface area contributed by atoms with Crippen LogP contribution in [0.2, 0.25) is 0 Å². The number of hydrogen-bond acceptors (Lipinski definition) is 3. The molecule has 0 saturated carbocycles. The molecule has 0 heterocycles. The van der Waals surface area contributed by atoms with Gasteiger partial charge in [-0.05, 0) is 45.4 Å². The third-order valence-electron chi connectivity index (χ3n) is 2.12. The second-order valence-electron chi connectivity index (χ2n) is 4.60. The van der Waals surface area contributed by atoms with Crippen LogP contribution in [-0.4, -0.2) is 25.5 Å². The SMILES string of the molecule is CC(C)OC(=O)Nc1ccc(Br)c(P(C)(C)=O)c1. The number of nitrogens with one attached hydrogen (secondary N) is 1. The van der Waals surface area contributed by atoms with Crippen molar-refractivity contribution in [3.8, 4) is 0 Å². The lowest BCUT2D eigenvalue weighted by Gasteiger charge is -2.13. The van der Waals surface area contributed by atoms with Crippen molar-refractivity contribution >= 4 is 40.2 Å². The van der Waals surface area contributed by atoms with E-state index in [4.69, 9.17) is 4.74 Å². The number of amides is 1. The first-order valence-electron chi connectivity index (χ1n) is 5.53. The topological polar surface area (TPSA) is 55.4 Å². The quantitative estimate of drug-likeness (QED) is 0.859. The summed E-state index contributed by atoms with van der Waals surface area (Å²) in [6, 6.07) is 5.19. The van der Waals surface area contributed by atoms with Crippen LogP contribution in [0.25, 0.3) is 0 Å². The average Bonchev–Trinajstić information content (AvgIpc) is 2.17. The summed E-state index contributed by atoms with van der Waals surface area (Å²) >= 11 is 3.36. The minimum atomic E-state index is -2.39. The Kier molecular flexibility index (Phi) is 5.00. The van der Waals surface area contributed by atoms with E-state index < -0.39 is 13.2 Å². The van der Waals surface area contributed by atoms with E-state index in [2.05, 4.69) is 21.2 Å². The molecule has 0 fully saturated rings. The molecule has 1 amide bonds. The first-order valence-corrected chi connectivity index (χ1v) is 8.92. The lowest BCUT2D eigenvalue weighted by Crippen LogP contribution is -2.19. The summed E-state index contributed by atoms with van der Waals surface area (Å²) in [5.41, 5.74) is 0.572. The fraction of sp³-hybridized carbons (Fsp3) is 0.417. The van der Waals surface area contributed by atoms with Crippen LogP contribution in [-0.2, 0) is 9.30 Å². The van der Waals surface area contributed by atoms with Gasteiger partial charge < -0.3 is 9.30 Å². The van der Waals surface area contributed by atoms with Gasteiger partial charge in [0.05, 0.1) is 6.10 Å². The zero-order chi connectivity index (χ0) is 13.9. The number of halogens is 1. The molecular weight excluding hydrogens is 317 g/mol. The molecule has 0 aliphatic heterocycles. The molecule has 0 spiro atoms. The van der Waals surface area contributed by atoms with Gasteiger partial charge in [0.2, 0.25) is 0 Å². The molecule has 0 radical (unpaired) electrons. The zero-order valence-electron chi connectivity index (χ0n) is 10.9. The smallest absolute Gasteiger partial charge is 0.411 e. The van der Waals surface area contributed by atoms with Gasteiger partial charge >= 0.3 is 6.09 Å². The molecule has 0 aliphatic rings. The van der Waals surface area contributed by atoms with Crippen LogP contribution in [0.15, 0.2) is 22.7 Å². The van der Waals surface area contributed by atoms with Gasteiger partial charge in [0.1, 0.15) is 7.14 Å². The van der Waals surface area contributed by atoms with E-state index in [-0.39, 0.29) is 6.10 Å². The summed E-state index contributed by atoms with van der Waals surface area (Å²) in [5, 5.41) is 3.31. The van der Waals surface area contributed by atoms with Crippen molar-refractivity contribution in [3.63, 3.8) is 0 Å². The van der Waals surface area contributed by atoms with Crippen molar-refractivity contribution < 1.29 is 14.1 Å². The molecule has 0 saturated heterocycles. The molecule has 0 unspecified atom stereocenters. The Hall–Kier alpha value is -0.800. The Morgan fingerprint density at radius 1 is 1.39 bits per heavy atom. The molecule has 1 aromatic rings. The monoisotopic (exact) mass is 333 g/mol. The first kappa shape index (κ1) is 15.3. The van der Waals surface area contributed by atoms with Crippen molar-refractivity contribution in [2.45, 2.75) is 20.0 Å². The van der Waals surface area contributed by atoms with Gasteiger partial charge in [-0.25, -0.2) is 4.79 Å². The minimum absolute atomic E-state index is 0.177. The van der Waals surface area contributed by atoms with Crippen LogP contribution in [0.4, 0.5) is 10.5 Å². The van der Waals surface area contributed by atoms with Crippen LogP contribution >= 0.6 is 23.1 Å². The fourth-order valence-corrected chi connectivity index (χ4v) is 3.93. The average molecular weight is 334 g/mol. The number of ether oxygens (including phenoxy) is 1. The number of anilines is 1. The summed E-state index contributed by atoms with van der Waals surface area (Å²) in [7, 11) is -2.39. The van der Waals surface area contributed by atoms with Gasteiger partial charge in [-0.3, -0.25) is 5.32 Å². The Morgan fingerprint density at radius 3 is 2.50 bits per heavy atom. The molecule has 0 atom stereocenters. The summed E-state index contributed by atoms with van der Waals surface area (Å²) in [6.45, 7) is 6.92. The first-order chi connectivity index (χ1) is 8.20. The van der Waals surface area contributed by atoms with Gasteiger partial charge in [-0.2, -0.15) is 0 Å². The maximum absolute atomic E-state index is 12.1. The van der Waals surface area contributed by atoms with Gasteiger partial charge in [-0.1, -0.05) is 15.9 Å². The van der Waals surface area contributed by atoms with Crippen molar-refractivity contribution in [2.24, 2.45) is 0 Å². The Labute approximate surface area is 116 Å². The second-order valence-corrected chi connectivity index (χ2v) is 8.63. The molecule has 1 N–H and O–H groups in total. The lowest BCUT2D eigenvalue weighted by atomic mass is 10.3. The van der Waals surface area contributed by atoms with E-state index in [0.29, 0.717) is 11.0 Å². The summed E-state index contributed by atoms with van der Waals surface area (Å²) in [4.78, 5) is 11.5. The van der Waals surface area contributed by atoms with E-state index in [1.807, 2.05) is 0 Å². The largest absolute Gasteiger partial charge is 0.447 e. The highest BCUT2D eigenvalue weighted by Crippen LogP contribution is 2.38. The third-order valence-corrected chi connectivity index (χ3v) is 4.64. The summed E-state index contributed by atoms with van der Waals surface area (Å²) in [6.07, 6.45) is -0.691. The van der Waals surface area contributed by atoms with Crippen molar-refractivity contribution in [3.05, 3.63) is 22.7 Å². The maximum Gasteiger partial charge on any atom is 0.411 e. The van der Waals surface area contributed by atoms with E-state index >= 15 is 0 Å². The number of carbonyl (C=O) groups excluding carboxylic acids is 1. The Balaban J connectivity index is 2.93. The molecule has 1 aromatic carbocycles. The molecule has 0 aliphatic carbocycles. The molecule has 0 bridgehead atoms. The Bertz CT molecular complexity index is 496. The van der Waals surface area contributed by atoms with Gasteiger partial charge in [0.15, 0.2) is 0 Å². The third kappa shape index (κ3) is 4.46. The molecule has 1 rings (SSSR count). The van der Waals surface area contributed by atoms with E-state index in [1.54, 1.807) is 45.4 Å². The molecule has 100 valence electrons. The molecule has 6 heteroatoms. The lowest BCUT2D eigenvalue weighted by molar-refractivity contribution is 0.130. The highest BCUT2D eigenvalue weighted by Gasteiger charge is 2.16. The highest BCUT2D eigenvalue weighted by atomic mass is 79.9. The van der Waals surface area contributed by atoms with Crippen LogP contribution in [0.3, 0.4) is 0 Å². The van der Waals surface area contributed by atoms with Crippen LogP contribution < -0.4 is 10.6 Å². The number of hydrogen-bond donors (Lipinski definition) is 1. The Morgan fingerprint density at radius 2 is 2.00 bits per heavy atom. The van der Waals surface area contributed by atoms with Crippen molar-refractivity contribution in [1.29, 1.82) is 0 Å². The van der Waals surface area contributed by atoms with Gasteiger partial charge in [0.25, 0.3) is 0 Å². The van der Waals surface area contributed by atoms with Crippen molar-refractivity contribution in [1.82, 2.24) is 0 Å². The van der Waals surface area contributed by atoms with E-state index in [0.717, 1.165) is 4.47 Å². The van der Waals surface area contributed by atoms with Gasteiger partial charge in [0, 0.05) is 15.5 Å². The highest BCUT2D eigenvalue weighted by molar-refractivity contribution is 9.10. The number of carbonyl (C=O) groups is 1. The van der Waals surface area contributed by atoms with Gasteiger partial charge in [-0.15, -0.1) is 0 Å². The van der Waals surface area contributed by atoms with E-state index in [1.165, 1.54) is 0 Å². The van der Waals surface area contributed by atoms with Crippen molar-refractivity contribution in [2.75, 3.05) is 18.6 Å². The zero-order valence-corrected chi connectivity index (χ0v) is 13.3. The molecular formula is C12H17BrNO3P. The molecule has 0 aromatic heterocycles. The standard InChI is InChI=1S/C12H17BrNO3P/c1-8(2)17-12(15)14-9-5-6-10(13)11(7-9)18(3,4)16/h5-8H,1-4H3,(H,14,15).